The molecule has 0 saturated carbocycles. The monoisotopic (exact) mass is 224 g/mol. The molecule has 1 N–H and O–H groups in total. The van der Waals surface area contributed by atoms with Crippen LogP contribution in [-0.2, 0) is 0 Å². The van der Waals surface area contributed by atoms with Gasteiger partial charge in [0.15, 0.2) is 5.82 Å². The number of aryl methyl sites for hydroxylation is 1. The molecule has 2 heterocycles. The van der Waals surface area contributed by atoms with E-state index in [9.17, 15) is 4.79 Å². The number of nitrogens with one attached hydrogen (secondary N) is 1. The number of benzene rings is 1. The van der Waals surface area contributed by atoms with Gasteiger partial charge in [0.25, 0.3) is 0 Å². The number of hydrogen-bond donors (Lipinski definition) is 1. The summed E-state index contributed by atoms with van der Waals surface area (Å²) in [5.74, 6) is 0.479. The highest BCUT2D eigenvalue weighted by Crippen LogP contribution is 2.32. The van der Waals surface area contributed by atoms with E-state index in [-0.39, 0.29) is 6.03 Å². The van der Waals surface area contributed by atoms with Crippen LogP contribution in [0.5, 0.6) is 0 Å². The predicted octanol–water partition coefficient (Wildman–Crippen LogP) is 2.84. The summed E-state index contributed by atoms with van der Waals surface area (Å²) in [6.45, 7) is 1.92. The summed E-state index contributed by atoms with van der Waals surface area (Å²) >= 11 is 0. The number of urea groups is 1. The van der Waals surface area contributed by atoms with E-state index in [4.69, 9.17) is 0 Å². The lowest BCUT2D eigenvalue weighted by atomic mass is 10.0. The highest BCUT2D eigenvalue weighted by Gasteiger charge is 2.22. The fraction of sp³-hybridized carbons (Fsp3) is 0.0769. The molecule has 4 heteroatoms. The minimum Gasteiger partial charge on any atom is -0.303 e. The highest BCUT2D eigenvalue weighted by atomic mass is 16.2. The molecular formula is C13H10N3O. The third-order valence-electron chi connectivity index (χ3n) is 2.73. The van der Waals surface area contributed by atoms with Gasteiger partial charge in [-0.2, -0.15) is 5.32 Å². The van der Waals surface area contributed by atoms with Crippen LogP contribution in [0.3, 0.4) is 0 Å². The van der Waals surface area contributed by atoms with Gasteiger partial charge in [0, 0.05) is 11.3 Å². The van der Waals surface area contributed by atoms with Gasteiger partial charge in [0.1, 0.15) is 0 Å². The van der Waals surface area contributed by atoms with Crippen LogP contribution in [0.1, 0.15) is 5.69 Å². The number of anilines is 1. The molecule has 0 unspecified atom stereocenters. The van der Waals surface area contributed by atoms with E-state index in [1.165, 1.54) is 0 Å². The largest absolute Gasteiger partial charge is 0.347 e. The molecule has 0 aliphatic carbocycles. The van der Waals surface area contributed by atoms with Crippen molar-refractivity contribution in [1.82, 2.24) is 10.3 Å². The molecule has 83 valence electrons. The summed E-state index contributed by atoms with van der Waals surface area (Å²) in [5, 5.41) is 6.45. The van der Waals surface area contributed by atoms with Crippen LogP contribution in [-0.4, -0.2) is 11.0 Å². The van der Waals surface area contributed by atoms with E-state index >= 15 is 0 Å². The molecule has 4 nitrogen and oxygen atoms in total. The van der Waals surface area contributed by atoms with E-state index in [0.717, 1.165) is 16.8 Å². The quantitative estimate of drug-likeness (QED) is 0.809. The molecule has 3 rings (SSSR count). The van der Waals surface area contributed by atoms with Gasteiger partial charge in [-0.05, 0) is 18.6 Å². The predicted molar refractivity (Wildman–Crippen MR) is 65.2 cm³/mol. The lowest BCUT2D eigenvalue weighted by Crippen LogP contribution is -2.08. The molecule has 1 radical (unpaired) electrons. The van der Waals surface area contributed by atoms with Crippen LogP contribution < -0.4 is 10.6 Å². The van der Waals surface area contributed by atoms with Gasteiger partial charge in [-0.3, -0.25) is 0 Å². The zero-order chi connectivity index (χ0) is 11.8. The molecule has 0 saturated heterocycles. The van der Waals surface area contributed by atoms with Crippen molar-refractivity contribution in [2.24, 2.45) is 0 Å². The second-order valence-corrected chi connectivity index (χ2v) is 3.90. The first-order chi connectivity index (χ1) is 8.24. The highest BCUT2D eigenvalue weighted by molar-refractivity contribution is 6.01. The molecular weight excluding hydrogens is 214 g/mol. The summed E-state index contributed by atoms with van der Waals surface area (Å²) in [6, 6.07) is 11.5. The van der Waals surface area contributed by atoms with Gasteiger partial charge in [-0.1, -0.05) is 30.3 Å². The Morgan fingerprint density at radius 1 is 1.18 bits per heavy atom. The third-order valence-corrected chi connectivity index (χ3v) is 2.73. The van der Waals surface area contributed by atoms with Crippen LogP contribution in [0, 0.1) is 6.92 Å². The minimum atomic E-state index is -0.350. The van der Waals surface area contributed by atoms with E-state index < -0.39 is 0 Å². The summed E-state index contributed by atoms with van der Waals surface area (Å²) < 4.78 is 0. The number of rotatable bonds is 1. The van der Waals surface area contributed by atoms with Crippen LogP contribution in [0.15, 0.2) is 36.4 Å². The second-order valence-electron chi connectivity index (χ2n) is 3.90. The SMILES string of the molecule is Cc1nc2c(cc1-c1ccccc1)NC(=O)[N]2. The Kier molecular flexibility index (Phi) is 2.08. The van der Waals surface area contributed by atoms with Gasteiger partial charge in [0.2, 0.25) is 0 Å². The average molecular weight is 224 g/mol. The maximum Gasteiger partial charge on any atom is 0.347 e. The van der Waals surface area contributed by atoms with Crippen molar-refractivity contribution in [3.05, 3.63) is 42.1 Å². The van der Waals surface area contributed by atoms with Crippen molar-refractivity contribution in [3.8, 4) is 11.1 Å². The Balaban J connectivity index is 2.14. The number of aromatic nitrogens is 1. The normalized spacial score (nSPS) is 12.9. The van der Waals surface area contributed by atoms with E-state index in [1.807, 2.05) is 43.3 Å². The molecule has 0 bridgehead atoms. The first kappa shape index (κ1) is 9.84. The molecule has 17 heavy (non-hydrogen) atoms. The summed E-state index contributed by atoms with van der Waals surface area (Å²) in [4.78, 5) is 15.5. The maximum atomic E-state index is 11.1. The van der Waals surface area contributed by atoms with Gasteiger partial charge in [-0.15, -0.1) is 0 Å². The zero-order valence-electron chi connectivity index (χ0n) is 9.27. The number of fused-ring (bicyclic) bond motifs is 1. The third kappa shape index (κ3) is 1.63. The number of nitrogens with zero attached hydrogens (tertiary/aromatic N) is 2. The second kappa shape index (κ2) is 3.59. The van der Waals surface area contributed by atoms with Crippen molar-refractivity contribution >= 4 is 17.5 Å². The van der Waals surface area contributed by atoms with Crippen molar-refractivity contribution in [2.75, 3.05) is 5.32 Å². The Morgan fingerprint density at radius 3 is 2.71 bits per heavy atom. The number of pyridine rings is 1. The van der Waals surface area contributed by atoms with E-state index in [0.29, 0.717) is 11.5 Å². The molecule has 1 aliphatic rings. The van der Waals surface area contributed by atoms with Crippen molar-refractivity contribution in [3.63, 3.8) is 0 Å². The van der Waals surface area contributed by atoms with Gasteiger partial charge >= 0.3 is 6.03 Å². The average Bonchev–Trinajstić information content (AvgIpc) is 2.68. The molecule has 2 amide bonds. The first-order valence-corrected chi connectivity index (χ1v) is 5.34. The fourth-order valence-corrected chi connectivity index (χ4v) is 1.92. The van der Waals surface area contributed by atoms with Crippen LogP contribution >= 0.6 is 0 Å². The molecule has 1 aliphatic heterocycles. The van der Waals surface area contributed by atoms with Gasteiger partial charge in [-0.25, -0.2) is 9.78 Å². The number of carbonyl (C=O) groups excluding carboxylic acids is 1. The Hall–Kier alpha value is -2.36. The standard InChI is InChI=1S/C13H10N3O/c1-8-10(9-5-3-2-4-6-9)7-11-12(14-8)16-13(17)15-11/h2-7H,1H3,(H,15,17). The van der Waals surface area contributed by atoms with Crippen molar-refractivity contribution in [2.45, 2.75) is 6.92 Å². The Labute approximate surface area is 98.7 Å². The smallest absolute Gasteiger partial charge is 0.303 e. The lowest BCUT2D eigenvalue weighted by molar-refractivity contribution is 0.256. The maximum absolute atomic E-state index is 11.1. The Morgan fingerprint density at radius 2 is 1.94 bits per heavy atom. The number of carbonyl (C=O) groups is 1. The lowest BCUT2D eigenvalue weighted by Gasteiger charge is -2.07. The van der Waals surface area contributed by atoms with Crippen molar-refractivity contribution < 1.29 is 4.79 Å². The topological polar surface area (TPSA) is 56.1 Å². The van der Waals surface area contributed by atoms with Crippen LogP contribution in [0.2, 0.25) is 0 Å². The van der Waals surface area contributed by atoms with Crippen molar-refractivity contribution in [1.29, 1.82) is 0 Å². The summed E-state index contributed by atoms with van der Waals surface area (Å²) in [7, 11) is 0. The molecule has 1 aromatic carbocycles. The van der Waals surface area contributed by atoms with E-state index in [1.54, 1.807) is 0 Å². The van der Waals surface area contributed by atoms with Crippen LogP contribution in [0.25, 0.3) is 11.1 Å². The molecule has 1 aromatic heterocycles. The fourth-order valence-electron chi connectivity index (χ4n) is 1.92. The number of amides is 2. The summed E-state index contributed by atoms with van der Waals surface area (Å²) in [5.41, 5.74) is 3.65. The zero-order valence-corrected chi connectivity index (χ0v) is 9.27. The minimum absolute atomic E-state index is 0.350. The van der Waals surface area contributed by atoms with E-state index in [2.05, 4.69) is 15.6 Å². The van der Waals surface area contributed by atoms with Crippen LogP contribution in [0.4, 0.5) is 16.3 Å². The molecule has 0 fully saturated rings. The molecule has 0 atom stereocenters. The Bertz CT molecular complexity index is 593. The summed E-state index contributed by atoms with van der Waals surface area (Å²) in [6.07, 6.45) is 0. The molecule has 2 aromatic rings. The van der Waals surface area contributed by atoms with Gasteiger partial charge < -0.3 is 5.32 Å². The molecule has 0 spiro atoms. The van der Waals surface area contributed by atoms with Gasteiger partial charge in [0.05, 0.1) is 5.69 Å². The first-order valence-electron chi connectivity index (χ1n) is 5.34. The number of hydrogen-bond acceptors (Lipinski definition) is 2.